The number of ketones is 1. The summed E-state index contributed by atoms with van der Waals surface area (Å²) in [5, 5.41) is 0.987. The van der Waals surface area contributed by atoms with Crippen molar-refractivity contribution in [3.63, 3.8) is 0 Å². The van der Waals surface area contributed by atoms with Crippen molar-refractivity contribution in [2.45, 2.75) is 6.42 Å². The summed E-state index contributed by atoms with van der Waals surface area (Å²) in [6, 6.07) is 26.4. The van der Waals surface area contributed by atoms with Gasteiger partial charge in [-0.25, -0.2) is 0 Å². The first-order chi connectivity index (χ1) is 12.8. The van der Waals surface area contributed by atoms with E-state index in [1.807, 2.05) is 48.5 Å². The van der Waals surface area contributed by atoms with E-state index in [1.54, 1.807) is 11.8 Å². The Hall–Kier alpha value is -2.17. The lowest BCUT2D eigenvalue weighted by Crippen LogP contribution is -2.12. The van der Waals surface area contributed by atoms with E-state index in [-0.39, 0.29) is 22.8 Å². The Morgan fingerprint density at radius 1 is 0.852 bits per heavy atom. The molecule has 0 fully saturated rings. The molecule has 4 rings (SSSR count). The van der Waals surface area contributed by atoms with Gasteiger partial charge in [0.25, 0.3) is 0 Å². The van der Waals surface area contributed by atoms with Crippen molar-refractivity contribution >= 4 is 39.6 Å². The van der Waals surface area contributed by atoms with Crippen LogP contribution in [0.2, 0.25) is 0 Å². The van der Waals surface area contributed by atoms with E-state index in [9.17, 15) is 4.79 Å². The fourth-order valence-electron chi connectivity index (χ4n) is 3.13. The van der Waals surface area contributed by atoms with Crippen LogP contribution in [0.25, 0.3) is 11.1 Å². The summed E-state index contributed by atoms with van der Waals surface area (Å²) in [6.45, 7) is 0.805. The van der Waals surface area contributed by atoms with Gasteiger partial charge >= 0.3 is 0 Å². The molecule has 1 aliphatic heterocycles. The summed E-state index contributed by atoms with van der Waals surface area (Å²) in [4.78, 5) is 17.2. The van der Waals surface area contributed by atoms with Gasteiger partial charge in [0.1, 0.15) is 0 Å². The van der Waals surface area contributed by atoms with Crippen LogP contribution in [-0.4, -0.2) is 23.1 Å². The lowest BCUT2D eigenvalue weighted by molar-refractivity contribution is 0.102. The van der Waals surface area contributed by atoms with Crippen LogP contribution in [0.1, 0.15) is 21.5 Å². The molecule has 4 heteroatoms. The fourth-order valence-corrected chi connectivity index (χ4v) is 4.10. The lowest BCUT2D eigenvalue weighted by atomic mass is 10.0. The van der Waals surface area contributed by atoms with Crippen LogP contribution in [0.5, 0.6) is 0 Å². The molecule has 0 saturated heterocycles. The van der Waals surface area contributed by atoms with Crippen LogP contribution in [0.4, 0.5) is 0 Å². The second kappa shape index (κ2) is 9.16. The van der Waals surface area contributed by atoms with Gasteiger partial charge in [-0.05, 0) is 23.1 Å². The summed E-state index contributed by atoms with van der Waals surface area (Å²) < 4.78 is 0. The molecule has 0 atom stereocenters. The Morgan fingerprint density at radius 2 is 1.52 bits per heavy atom. The highest BCUT2D eigenvalue weighted by Gasteiger charge is 2.16. The highest BCUT2D eigenvalue weighted by atomic mass is 79.9. The molecule has 0 radical (unpaired) electrons. The third-order valence-corrected chi connectivity index (χ3v) is 5.57. The van der Waals surface area contributed by atoms with Crippen molar-refractivity contribution in [3.05, 3.63) is 95.6 Å². The first kappa shape index (κ1) is 19.6. The van der Waals surface area contributed by atoms with Gasteiger partial charge in [-0.1, -0.05) is 90.6 Å². The van der Waals surface area contributed by atoms with Crippen molar-refractivity contribution < 1.29 is 4.79 Å². The SMILES string of the molecule is Br.O=C(CSC1=NCCc2ccccc21)c1ccc(-c2ccccc2)cc1. The van der Waals surface area contributed by atoms with Gasteiger partial charge in [0, 0.05) is 17.7 Å². The molecule has 0 spiro atoms. The summed E-state index contributed by atoms with van der Waals surface area (Å²) in [5.41, 5.74) is 5.54. The Labute approximate surface area is 174 Å². The van der Waals surface area contributed by atoms with E-state index >= 15 is 0 Å². The normalized spacial score (nSPS) is 12.5. The zero-order chi connectivity index (χ0) is 17.8. The summed E-state index contributed by atoms with van der Waals surface area (Å²) in [7, 11) is 0. The first-order valence-corrected chi connectivity index (χ1v) is 9.74. The molecule has 3 aromatic carbocycles. The van der Waals surface area contributed by atoms with Crippen molar-refractivity contribution in [1.82, 2.24) is 0 Å². The molecule has 0 amide bonds. The molecule has 0 aliphatic carbocycles. The number of carbonyl (C=O) groups is 1. The third kappa shape index (κ3) is 4.57. The number of carbonyl (C=O) groups excluding carboxylic acids is 1. The number of fused-ring (bicyclic) bond motifs is 1. The van der Waals surface area contributed by atoms with Gasteiger partial charge in [0.15, 0.2) is 5.78 Å². The molecule has 2 nitrogen and oxygen atoms in total. The number of benzene rings is 3. The average molecular weight is 438 g/mol. The van der Waals surface area contributed by atoms with Crippen molar-refractivity contribution in [2.24, 2.45) is 4.99 Å². The Morgan fingerprint density at radius 3 is 2.30 bits per heavy atom. The maximum atomic E-state index is 12.6. The smallest absolute Gasteiger partial charge is 0.173 e. The van der Waals surface area contributed by atoms with Gasteiger partial charge in [0.05, 0.1) is 10.8 Å². The molecule has 0 saturated carbocycles. The lowest BCUT2D eigenvalue weighted by Gasteiger charge is -2.15. The molecule has 0 aromatic heterocycles. The van der Waals surface area contributed by atoms with Crippen LogP contribution in [0.3, 0.4) is 0 Å². The summed E-state index contributed by atoms with van der Waals surface area (Å²) in [5.74, 6) is 0.554. The zero-order valence-corrected chi connectivity index (χ0v) is 17.3. The molecule has 1 aliphatic rings. The quantitative estimate of drug-likeness (QED) is 0.478. The van der Waals surface area contributed by atoms with E-state index in [4.69, 9.17) is 0 Å². The Bertz CT molecular complexity index is 952. The minimum absolute atomic E-state index is 0. The number of aliphatic imine (C=N–C) groups is 1. The topological polar surface area (TPSA) is 29.4 Å². The predicted molar refractivity (Wildman–Crippen MR) is 121 cm³/mol. The molecule has 136 valence electrons. The molecule has 27 heavy (non-hydrogen) atoms. The Kier molecular flexibility index (Phi) is 6.64. The number of rotatable bonds is 4. The molecule has 0 unspecified atom stereocenters. The van der Waals surface area contributed by atoms with Gasteiger partial charge < -0.3 is 0 Å². The highest BCUT2D eigenvalue weighted by Crippen LogP contribution is 2.24. The largest absolute Gasteiger partial charge is 0.293 e. The Balaban J connectivity index is 0.00000210. The number of Topliss-reactive ketones (excluding diaryl/α,β-unsaturated/α-hetero) is 1. The van der Waals surface area contributed by atoms with Crippen LogP contribution in [-0.2, 0) is 6.42 Å². The van der Waals surface area contributed by atoms with Crippen LogP contribution in [0.15, 0.2) is 83.9 Å². The average Bonchev–Trinajstić information content (AvgIpc) is 2.73. The third-order valence-electron chi connectivity index (χ3n) is 4.54. The van der Waals surface area contributed by atoms with E-state index in [0.29, 0.717) is 5.75 Å². The van der Waals surface area contributed by atoms with Crippen LogP contribution in [0, 0.1) is 0 Å². The summed E-state index contributed by atoms with van der Waals surface area (Å²) in [6.07, 6.45) is 0.981. The van der Waals surface area contributed by atoms with E-state index < -0.39 is 0 Å². The van der Waals surface area contributed by atoms with Crippen molar-refractivity contribution in [3.8, 4) is 11.1 Å². The second-order valence-electron chi connectivity index (χ2n) is 6.25. The van der Waals surface area contributed by atoms with Gasteiger partial charge in [-0.3, -0.25) is 9.79 Å². The van der Waals surface area contributed by atoms with E-state index in [2.05, 4.69) is 35.3 Å². The minimum Gasteiger partial charge on any atom is -0.293 e. The first-order valence-electron chi connectivity index (χ1n) is 8.75. The van der Waals surface area contributed by atoms with Crippen LogP contribution >= 0.6 is 28.7 Å². The number of halogens is 1. The number of thioether (sulfide) groups is 1. The molecule has 0 bridgehead atoms. The van der Waals surface area contributed by atoms with Gasteiger partial charge in [0.2, 0.25) is 0 Å². The number of nitrogens with zero attached hydrogens (tertiary/aromatic N) is 1. The van der Waals surface area contributed by atoms with Crippen LogP contribution < -0.4 is 0 Å². The van der Waals surface area contributed by atoms with Gasteiger partial charge in [-0.15, -0.1) is 17.0 Å². The van der Waals surface area contributed by atoms with Crippen molar-refractivity contribution in [1.29, 1.82) is 0 Å². The minimum atomic E-state index is 0. The van der Waals surface area contributed by atoms with Gasteiger partial charge in [-0.2, -0.15) is 0 Å². The molecule has 1 heterocycles. The molecular weight excluding hydrogens is 418 g/mol. The fraction of sp³-hybridized carbons (Fsp3) is 0.130. The standard InChI is InChI=1S/C23H19NOS.BrH/c25-22(16-26-23-21-9-5-4-8-19(21)14-15-24-23)20-12-10-18(11-13-20)17-6-2-1-3-7-17;/h1-13H,14-16H2;1H. The molecular formula is C23H20BrNOS. The maximum absolute atomic E-state index is 12.6. The maximum Gasteiger partial charge on any atom is 0.173 e. The summed E-state index contributed by atoms with van der Waals surface area (Å²) >= 11 is 1.54. The van der Waals surface area contributed by atoms with E-state index in [0.717, 1.165) is 34.7 Å². The predicted octanol–water partition coefficient (Wildman–Crippen LogP) is 5.85. The number of hydrogen-bond donors (Lipinski definition) is 0. The monoisotopic (exact) mass is 437 g/mol. The molecule has 3 aromatic rings. The van der Waals surface area contributed by atoms with E-state index in [1.165, 1.54) is 11.1 Å². The highest BCUT2D eigenvalue weighted by molar-refractivity contribution is 8.93. The number of hydrogen-bond acceptors (Lipinski definition) is 3. The second-order valence-corrected chi connectivity index (χ2v) is 7.21. The molecule has 0 N–H and O–H groups in total. The van der Waals surface area contributed by atoms with Crippen molar-refractivity contribution in [2.75, 3.05) is 12.3 Å². The zero-order valence-electron chi connectivity index (χ0n) is 14.8.